The maximum absolute atomic E-state index is 12.5. The lowest BCUT2D eigenvalue weighted by atomic mass is 10.0. The van der Waals surface area contributed by atoms with E-state index in [0.717, 1.165) is 5.39 Å². The summed E-state index contributed by atoms with van der Waals surface area (Å²) in [7, 11) is 0. The summed E-state index contributed by atoms with van der Waals surface area (Å²) >= 11 is 5.44. The molecule has 0 aliphatic heterocycles. The highest BCUT2D eigenvalue weighted by molar-refractivity contribution is 6.22. The Kier molecular flexibility index (Phi) is 2.80. The standard InChI is InChI=1S/C12H8ClF3/c13-11(12(14,15)16)10-7-3-5-8-4-1-2-6-9(8)10/h1-7,11H. The monoisotopic (exact) mass is 244 g/mol. The van der Waals surface area contributed by atoms with Crippen LogP contribution in [0.25, 0.3) is 10.8 Å². The lowest BCUT2D eigenvalue weighted by molar-refractivity contribution is -0.131. The third-order valence-corrected chi connectivity index (χ3v) is 2.87. The van der Waals surface area contributed by atoms with Gasteiger partial charge in [-0.2, -0.15) is 13.2 Å². The Labute approximate surface area is 95.6 Å². The minimum absolute atomic E-state index is 0.104. The van der Waals surface area contributed by atoms with E-state index in [1.807, 2.05) is 0 Å². The van der Waals surface area contributed by atoms with Crippen molar-refractivity contribution in [1.82, 2.24) is 0 Å². The Hall–Kier alpha value is -1.22. The molecule has 0 nitrogen and oxygen atoms in total. The maximum Gasteiger partial charge on any atom is 0.408 e. The molecule has 1 atom stereocenters. The minimum Gasteiger partial charge on any atom is -0.169 e. The number of alkyl halides is 4. The fraction of sp³-hybridized carbons (Fsp3) is 0.167. The fourth-order valence-corrected chi connectivity index (χ4v) is 1.84. The molecule has 0 N–H and O–H groups in total. The summed E-state index contributed by atoms with van der Waals surface area (Å²) in [5, 5.41) is -0.657. The lowest BCUT2D eigenvalue weighted by Gasteiger charge is -2.15. The third-order valence-electron chi connectivity index (χ3n) is 2.38. The van der Waals surface area contributed by atoms with Gasteiger partial charge in [0.15, 0.2) is 5.38 Å². The van der Waals surface area contributed by atoms with Crippen LogP contribution in [0.1, 0.15) is 10.9 Å². The van der Waals surface area contributed by atoms with Crippen molar-refractivity contribution in [3.05, 3.63) is 48.0 Å². The Balaban J connectivity index is 2.61. The summed E-state index contributed by atoms with van der Waals surface area (Å²) in [6.07, 6.45) is -4.42. The molecule has 0 aliphatic rings. The SMILES string of the molecule is FC(F)(F)C(Cl)c1cccc2ccccc12. The van der Waals surface area contributed by atoms with Crippen molar-refractivity contribution in [3.8, 4) is 0 Å². The summed E-state index contributed by atoms with van der Waals surface area (Å²) in [5.74, 6) is 0. The van der Waals surface area contributed by atoms with E-state index < -0.39 is 11.6 Å². The summed E-state index contributed by atoms with van der Waals surface area (Å²) in [6, 6.07) is 11.6. The van der Waals surface area contributed by atoms with Gasteiger partial charge in [-0.25, -0.2) is 0 Å². The second-order valence-corrected chi connectivity index (χ2v) is 3.91. The summed E-state index contributed by atoms with van der Waals surface area (Å²) in [5.41, 5.74) is 0.104. The molecule has 0 amide bonds. The molecule has 2 aromatic carbocycles. The van der Waals surface area contributed by atoms with Crippen molar-refractivity contribution in [2.24, 2.45) is 0 Å². The second kappa shape index (κ2) is 3.98. The van der Waals surface area contributed by atoms with Crippen LogP contribution in [0.15, 0.2) is 42.5 Å². The largest absolute Gasteiger partial charge is 0.408 e. The molecule has 2 aromatic rings. The molecule has 1 unspecified atom stereocenters. The molecular weight excluding hydrogens is 237 g/mol. The summed E-state index contributed by atoms with van der Waals surface area (Å²) < 4.78 is 37.6. The van der Waals surface area contributed by atoms with E-state index in [1.54, 1.807) is 36.4 Å². The van der Waals surface area contributed by atoms with E-state index in [2.05, 4.69) is 0 Å². The van der Waals surface area contributed by atoms with Crippen molar-refractivity contribution in [3.63, 3.8) is 0 Å². The van der Waals surface area contributed by atoms with Crippen LogP contribution in [0.3, 0.4) is 0 Å². The van der Waals surface area contributed by atoms with Crippen LogP contribution in [-0.4, -0.2) is 6.18 Å². The zero-order valence-electron chi connectivity index (χ0n) is 8.13. The highest BCUT2D eigenvalue weighted by atomic mass is 35.5. The van der Waals surface area contributed by atoms with E-state index in [1.165, 1.54) is 6.07 Å². The first-order valence-electron chi connectivity index (χ1n) is 4.68. The van der Waals surface area contributed by atoms with Gasteiger partial charge < -0.3 is 0 Å². The molecule has 16 heavy (non-hydrogen) atoms. The zero-order chi connectivity index (χ0) is 11.8. The van der Waals surface area contributed by atoms with Crippen LogP contribution >= 0.6 is 11.6 Å². The van der Waals surface area contributed by atoms with E-state index >= 15 is 0 Å². The first kappa shape index (κ1) is 11.3. The molecule has 0 spiro atoms. The first-order chi connectivity index (χ1) is 7.50. The van der Waals surface area contributed by atoms with Gasteiger partial charge in [0.25, 0.3) is 0 Å². The van der Waals surface area contributed by atoms with E-state index in [0.29, 0.717) is 5.39 Å². The van der Waals surface area contributed by atoms with Gasteiger partial charge in [0.1, 0.15) is 0 Å². The predicted octanol–water partition coefficient (Wildman–Crippen LogP) is 4.68. The van der Waals surface area contributed by atoms with Gasteiger partial charge >= 0.3 is 6.18 Å². The van der Waals surface area contributed by atoms with Gasteiger partial charge in [-0.05, 0) is 16.3 Å². The van der Waals surface area contributed by atoms with Crippen LogP contribution in [0.4, 0.5) is 13.2 Å². The number of hydrogen-bond donors (Lipinski definition) is 0. The van der Waals surface area contributed by atoms with Crippen LogP contribution in [0.2, 0.25) is 0 Å². The van der Waals surface area contributed by atoms with E-state index in [9.17, 15) is 13.2 Å². The Bertz CT molecular complexity index is 500. The molecule has 4 heteroatoms. The van der Waals surface area contributed by atoms with Gasteiger partial charge in [0.2, 0.25) is 0 Å². The summed E-state index contributed by atoms with van der Waals surface area (Å²) in [4.78, 5) is 0. The molecule has 2 rings (SSSR count). The smallest absolute Gasteiger partial charge is 0.169 e. The van der Waals surface area contributed by atoms with Crippen molar-refractivity contribution in [2.75, 3.05) is 0 Å². The molecular formula is C12H8ClF3. The fourth-order valence-electron chi connectivity index (χ4n) is 1.65. The van der Waals surface area contributed by atoms with Crippen molar-refractivity contribution in [2.45, 2.75) is 11.6 Å². The Morgan fingerprint density at radius 1 is 0.938 bits per heavy atom. The number of rotatable bonds is 1. The van der Waals surface area contributed by atoms with Crippen molar-refractivity contribution in [1.29, 1.82) is 0 Å². The molecule has 84 valence electrons. The van der Waals surface area contributed by atoms with E-state index in [-0.39, 0.29) is 5.56 Å². The van der Waals surface area contributed by atoms with E-state index in [4.69, 9.17) is 11.6 Å². The van der Waals surface area contributed by atoms with Crippen LogP contribution in [-0.2, 0) is 0 Å². The zero-order valence-corrected chi connectivity index (χ0v) is 8.89. The number of halogens is 4. The van der Waals surface area contributed by atoms with Gasteiger partial charge in [0, 0.05) is 0 Å². The number of hydrogen-bond acceptors (Lipinski definition) is 0. The number of fused-ring (bicyclic) bond motifs is 1. The highest BCUT2D eigenvalue weighted by Gasteiger charge is 2.39. The third kappa shape index (κ3) is 2.00. The lowest BCUT2D eigenvalue weighted by Crippen LogP contribution is -2.15. The quantitative estimate of drug-likeness (QED) is 0.639. The average molecular weight is 245 g/mol. The van der Waals surface area contributed by atoms with Crippen LogP contribution in [0.5, 0.6) is 0 Å². The maximum atomic E-state index is 12.5. The minimum atomic E-state index is -4.42. The molecule has 0 fully saturated rings. The number of benzene rings is 2. The summed E-state index contributed by atoms with van der Waals surface area (Å²) in [6.45, 7) is 0. The second-order valence-electron chi connectivity index (χ2n) is 3.47. The van der Waals surface area contributed by atoms with Crippen molar-refractivity contribution >= 4 is 22.4 Å². The van der Waals surface area contributed by atoms with Gasteiger partial charge in [-0.1, -0.05) is 42.5 Å². The molecule has 0 heterocycles. The molecule has 0 bridgehead atoms. The first-order valence-corrected chi connectivity index (χ1v) is 5.12. The normalized spacial score (nSPS) is 14.0. The average Bonchev–Trinajstić information content (AvgIpc) is 2.26. The van der Waals surface area contributed by atoms with Gasteiger partial charge in [-0.3, -0.25) is 0 Å². The molecule has 0 aliphatic carbocycles. The molecule has 0 radical (unpaired) electrons. The Morgan fingerprint density at radius 3 is 2.25 bits per heavy atom. The van der Waals surface area contributed by atoms with Crippen LogP contribution < -0.4 is 0 Å². The van der Waals surface area contributed by atoms with Gasteiger partial charge in [0.05, 0.1) is 0 Å². The topological polar surface area (TPSA) is 0 Å². The predicted molar refractivity (Wildman–Crippen MR) is 58.6 cm³/mol. The molecule has 0 aromatic heterocycles. The Morgan fingerprint density at radius 2 is 1.56 bits per heavy atom. The van der Waals surface area contributed by atoms with Crippen molar-refractivity contribution < 1.29 is 13.2 Å². The highest BCUT2D eigenvalue weighted by Crippen LogP contribution is 2.40. The molecule has 0 saturated heterocycles. The molecule has 0 saturated carbocycles. The van der Waals surface area contributed by atoms with Crippen LogP contribution in [0, 0.1) is 0 Å². The van der Waals surface area contributed by atoms with Gasteiger partial charge in [-0.15, -0.1) is 11.6 Å².